The van der Waals surface area contributed by atoms with Crippen LogP contribution in [0.1, 0.15) is 0 Å². The molecule has 6 N–H and O–H groups in total. The minimum atomic E-state index is -4.78. The Kier molecular flexibility index (Phi) is 5.95. The fraction of sp³-hybridized carbons (Fsp3) is 0.0667. The van der Waals surface area contributed by atoms with Crippen LogP contribution in [0.15, 0.2) is 58.2 Å². The zero-order valence-electron chi connectivity index (χ0n) is 12.9. The largest absolute Gasteiger partial charge is 0.573 e. The van der Waals surface area contributed by atoms with Crippen LogP contribution in [-0.4, -0.2) is 22.4 Å². The van der Waals surface area contributed by atoms with E-state index in [0.29, 0.717) is 16.2 Å². The van der Waals surface area contributed by atoms with Gasteiger partial charge < -0.3 is 21.0 Å². The molecule has 0 fully saturated rings. The molecular weight excluding hydrogens is 373 g/mol. The molecule has 0 unspecified atom stereocenters. The molecule has 0 aliphatic heterocycles. The van der Waals surface area contributed by atoms with Gasteiger partial charge >= 0.3 is 12.3 Å². The fourth-order valence-corrected chi connectivity index (χ4v) is 2.63. The summed E-state index contributed by atoms with van der Waals surface area (Å²) in [6.07, 6.45) is -3.80. The van der Waals surface area contributed by atoms with Gasteiger partial charge in [-0.05, 0) is 24.3 Å². The number of aliphatic carboxylic acids is 1. The van der Waals surface area contributed by atoms with Gasteiger partial charge in [0.25, 0.3) is 0 Å². The summed E-state index contributed by atoms with van der Waals surface area (Å²) < 4.78 is 40.2. The number of carboxylic acid groups (broad SMARTS) is 1. The molecule has 0 spiro atoms. The molecule has 0 aliphatic rings. The Morgan fingerprint density at radius 2 is 1.85 bits per heavy atom. The first-order valence-corrected chi connectivity index (χ1v) is 7.71. The van der Waals surface area contributed by atoms with E-state index >= 15 is 0 Å². The topological polar surface area (TPSA) is 123 Å². The number of thioether (sulfide) groups is 1. The number of aromatic nitrogens is 1. The van der Waals surface area contributed by atoms with Crippen LogP contribution in [-0.2, 0) is 4.79 Å². The molecule has 26 heavy (non-hydrogen) atoms. The smallest absolute Gasteiger partial charge is 0.476 e. The van der Waals surface area contributed by atoms with Gasteiger partial charge in [-0.1, -0.05) is 23.9 Å². The lowest BCUT2D eigenvalue weighted by Crippen LogP contribution is -2.29. The second-order valence-corrected chi connectivity index (χ2v) is 5.86. The number of nitrogens with one attached hydrogen (secondary N) is 1. The van der Waals surface area contributed by atoms with E-state index in [-0.39, 0.29) is 10.7 Å². The number of alkyl halides is 3. The van der Waals surface area contributed by atoms with Crippen molar-refractivity contribution in [3.8, 4) is 17.0 Å². The molecule has 0 amide bonds. The Balaban J connectivity index is 2.13. The number of hydrazine groups is 1. The van der Waals surface area contributed by atoms with Gasteiger partial charge in [0.15, 0.2) is 5.70 Å². The first kappa shape index (κ1) is 19.4. The lowest BCUT2D eigenvalue weighted by Gasteiger charge is -2.09. The Bertz CT molecular complexity index is 808. The van der Waals surface area contributed by atoms with E-state index in [4.69, 9.17) is 16.7 Å². The predicted octanol–water partition coefficient (Wildman–Crippen LogP) is 2.42. The highest BCUT2D eigenvalue weighted by Crippen LogP contribution is 2.28. The minimum absolute atomic E-state index is 0.0282. The number of nitrogens with two attached hydrogens (primary N) is 2. The summed E-state index contributed by atoms with van der Waals surface area (Å²) in [5, 5.41) is 8.90. The van der Waals surface area contributed by atoms with Gasteiger partial charge in [-0.15, -0.1) is 13.2 Å². The summed E-state index contributed by atoms with van der Waals surface area (Å²) in [6, 6.07) is 9.19. The summed E-state index contributed by atoms with van der Waals surface area (Å²) in [6.45, 7) is 0. The van der Waals surface area contributed by atoms with Crippen LogP contribution in [0.2, 0.25) is 0 Å². The Hall–Kier alpha value is -2.92. The van der Waals surface area contributed by atoms with Crippen molar-refractivity contribution in [2.45, 2.75) is 11.3 Å². The molecule has 1 aromatic heterocycles. The Morgan fingerprint density at radius 1 is 1.19 bits per heavy atom. The van der Waals surface area contributed by atoms with Crippen molar-refractivity contribution in [2.24, 2.45) is 11.6 Å². The molecule has 2 aromatic rings. The van der Waals surface area contributed by atoms with Crippen molar-refractivity contribution in [1.29, 1.82) is 0 Å². The average Bonchev–Trinajstić information content (AvgIpc) is 2.55. The number of ether oxygens (including phenoxy) is 1. The molecule has 0 radical (unpaired) electrons. The molecule has 1 aromatic carbocycles. The highest BCUT2D eigenvalue weighted by atomic mass is 32.2. The molecular formula is C15H13F3N4O3S. The van der Waals surface area contributed by atoms with Gasteiger partial charge in [0.2, 0.25) is 0 Å². The van der Waals surface area contributed by atoms with E-state index in [1.54, 1.807) is 24.3 Å². The maximum Gasteiger partial charge on any atom is 0.573 e. The number of carboxylic acids is 1. The first-order valence-electron chi connectivity index (χ1n) is 6.89. The highest BCUT2D eigenvalue weighted by Gasteiger charge is 2.31. The maximum absolute atomic E-state index is 12.1. The number of pyridine rings is 1. The van der Waals surface area contributed by atoms with Crippen molar-refractivity contribution < 1.29 is 27.8 Å². The molecule has 138 valence electrons. The number of nitrogens with zero attached hydrogens (tertiary/aromatic N) is 1. The lowest BCUT2D eigenvalue weighted by molar-refractivity contribution is -0.274. The predicted molar refractivity (Wildman–Crippen MR) is 88.4 cm³/mol. The summed E-state index contributed by atoms with van der Waals surface area (Å²) in [5.41, 5.74) is 8.44. The second-order valence-electron chi connectivity index (χ2n) is 4.74. The second kappa shape index (κ2) is 7.97. The summed E-state index contributed by atoms with van der Waals surface area (Å²) in [4.78, 5) is 15.5. The summed E-state index contributed by atoms with van der Waals surface area (Å²) >= 11 is 0.986. The van der Waals surface area contributed by atoms with Gasteiger partial charge in [0.05, 0.1) is 11.9 Å². The number of benzene rings is 1. The third kappa shape index (κ3) is 5.29. The quantitative estimate of drug-likeness (QED) is 0.258. The van der Waals surface area contributed by atoms with Crippen LogP contribution < -0.4 is 21.7 Å². The van der Waals surface area contributed by atoms with Crippen molar-refractivity contribution in [3.63, 3.8) is 0 Å². The third-order valence-electron chi connectivity index (χ3n) is 2.95. The zero-order valence-corrected chi connectivity index (χ0v) is 13.8. The molecule has 0 saturated heterocycles. The minimum Gasteiger partial charge on any atom is -0.476 e. The van der Waals surface area contributed by atoms with Crippen LogP contribution in [0.25, 0.3) is 11.3 Å². The third-order valence-corrected chi connectivity index (χ3v) is 3.88. The SMILES string of the molecule is NN/C(C(=O)O)=C(\N)Sc1ccc(-c2ccc(OC(F)(F)F)cn2)cc1. The van der Waals surface area contributed by atoms with Crippen LogP contribution in [0.4, 0.5) is 13.2 Å². The molecule has 7 nitrogen and oxygen atoms in total. The van der Waals surface area contributed by atoms with E-state index in [0.717, 1.165) is 24.0 Å². The molecule has 0 bridgehead atoms. The average molecular weight is 386 g/mol. The van der Waals surface area contributed by atoms with Gasteiger partial charge in [-0.2, -0.15) is 0 Å². The zero-order chi connectivity index (χ0) is 19.3. The lowest BCUT2D eigenvalue weighted by atomic mass is 10.1. The van der Waals surface area contributed by atoms with Crippen molar-refractivity contribution in [2.75, 3.05) is 0 Å². The number of rotatable bonds is 6. The van der Waals surface area contributed by atoms with Crippen LogP contribution in [0.5, 0.6) is 5.75 Å². The molecule has 0 aliphatic carbocycles. The fourth-order valence-electron chi connectivity index (χ4n) is 1.86. The number of hydrogen-bond acceptors (Lipinski definition) is 7. The summed E-state index contributed by atoms with van der Waals surface area (Å²) in [7, 11) is 0. The standard InChI is InChI=1S/C15H13F3N4O3S/c16-15(17,18)25-9-3-6-11(21-7-9)8-1-4-10(5-2-8)26-13(19)12(22-20)14(23)24/h1-7,22H,19-20H2,(H,23,24)/b13-12+. The normalized spacial score (nSPS) is 12.3. The van der Waals surface area contributed by atoms with Crippen molar-refractivity contribution >= 4 is 17.7 Å². The number of carbonyl (C=O) groups is 1. The monoisotopic (exact) mass is 386 g/mol. The van der Waals surface area contributed by atoms with Gasteiger partial charge in [0, 0.05) is 10.5 Å². The summed E-state index contributed by atoms with van der Waals surface area (Å²) in [5.74, 6) is 3.40. The number of halogens is 3. The van der Waals surface area contributed by atoms with Crippen LogP contribution in [0.3, 0.4) is 0 Å². The van der Waals surface area contributed by atoms with Gasteiger partial charge in [0.1, 0.15) is 10.8 Å². The van der Waals surface area contributed by atoms with E-state index in [1.807, 2.05) is 5.43 Å². The number of hydrogen-bond donors (Lipinski definition) is 4. The van der Waals surface area contributed by atoms with E-state index in [9.17, 15) is 18.0 Å². The molecule has 0 atom stereocenters. The molecule has 0 saturated carbocycles. The van der Waals surface area contributed by atoms with Crippen LogP contribution >= 0.6 is 11.8 Å². The van der Waals surface area contributed by atoms with Crippen molar-refractivity contribution in [1.82, 2.24) is 10.4 Å². The van der Waals surface area contributed by atoms with E-state index in [2.05, 4.69) is 9.72 Å². The Morgan fingerprint density at radius 3 is 2.31 bits per heavy atom. The molecule has 2 rings (SSSR count). The van der Waals surface area contributed by atoms with Gasteiger partial charge in [-0.3, -0.25) is 10.8 Å². The van der Waals surface area contributed by atoms with E-state index < -0.39 is 18.1 Å². The highest BCUT2D eigenvalue weighted by molar-refractivity contribution is 8.03. The maximum atomic E-state index is 12.1. The van der Waals surface area contributed by atoms with Gasteiger partial charge in [-0.25, -0.2) is 4.79 Å². The van der Waals surface area contributed by atoms with Crippen molar-refractivity contribution in [3.05, 3.63) is 53.3 Å². The molecule has 1 heterocycles. The first-order chi connectivity index (χ1) is 12.2. The van der Waals surface area contributed by atoms with E-state index in [1.165, 1.54) is 6.07 Å². The Labute approximate surface area is 149 Å². The van der Waals surface area contributed by atoms with Crippen LogP contribution in [0, 0.1) is 0 Å². The molecule has 11 heteroatoms.